The molecular formula is C18H31N3. The summed E-state index contributed by atoms with van der Waals surface area (Å²) in [6, 6.07) is 4.90. The van der Waals surface area contributed by atoms with Crippen molar-refractivity contribution in [1.82, 2.24) is 15.2 Å². The first kappa shape index (κ1) is 16.4. The van der Waals surface area contributed by atoms with Crippen molar-refractivity contribution in [2.45, 2.75) is 53.1 Å². The van der Waals surface area contributed by atoms with Crippen molar-refractivity contribution in [3.63, 3.8) is 0 Å². The number of hydrogen-bond acceptors (Lipinski definition) is 3. The molecule has 2 rings (SSSR count). The number of aromatic nitrogens is 1. The average molecular weight is 289 g/mol. The average Bonchev–Trinajstić information content (AvgIpc) is 2.75. The summed E-state index contributed by atoms with van der Waals surface area (Å²) in [5.41, 5.74) is 1.79. The SMILES string of the molecule is CCNC1C(CN(CC)Cc2ccncc2)CCC1(C)C. The van der Waals surface area contributed by atoms with Gasteiger partial charge in [0.2, 0.25) is 0 Å². The van der Waals surface area contributed by atoms with Crippen molar-refractivity contribution in [1.29, 1.82) is 0 Å². The van der Waals surface area contributed by atoms with E-state index in [9.17, 15) is 0 Å². The molecule has 2 unspecified atom stereocenters. The number of nitrogens with zero attached hydrogens (tertiary/aromatic N) is 2. The van der Waals surface area contributed by atoms with E-state index >= 15 is 0 Å². The monoisotopic (exact) mass is 289 g/mol. The third kappa shape index (κ3) is 4.27. The molecule has 0 radical (unpaired) electrons. The van der Waals surface area contributed by atoms with Gasteiger partial charge >= 0.3 is 0 Å². The summed E-state index contributed by atoms with van der Waals surface area (Å²) >= 11 is 0. The van der Waals surface area contributed by atoms with E-state index < -0.39 is 0 Å². The van der Waals surface area contributed by atoms with Crippen LogP contribution in [-0.4, -0.2) is 35.6 Å². The highest BCUT2D eigenvalue weighted by atomic mass is 15.1. The van der Waals surface area contributed by atoms with Gasteiger partial charge in [0.25, 0.3) is 0 Å². The van der Waals surface area contributed by atoms with Crippen LogP contribution in [0.15, 0.2) is 24.5 Å². The van der Waals surface area contributed by atoms with E-state index in [1.807, 2.05) is 12.4 Å². The lowest BCUT2D eigenvalue weighted by Crippen LogP contribution is -2.45. The van der Waals surface area contributed by atoms with Gasteiger partial charge in [0, 0.05) is 31.5 Å². The Kier molecular flexibility index (Phi) is 5.77. The third-order valence-corrected chi connectivity index (χ3v) is 4.99. The van der Waals surface area contributed by atoms with E-state index in [1.54, 1.807) is 0 Å². The second-order valence-electron chi connectivity index (χ2n) is 7.01. The zero-order valence-corrected chi connectivity index (χ0v) is 14.1. The normalized spacial score (nSPS) is 24.6. The molecule has 118 valence electrons. The van der Waals surface area contributed by atoms with Crippen LogP contribution >= 0.6 is 0 Å². The van der Waals surface area contributed by atoms with Gasteiger partial charge in [-0.15, -0.1) is 0 Å². The van der Waals surface area contributed by atoms with E-state index in [-0.39, 0.29) is 0 Å². The highest BCUT2D eigenvalue weighted by Crippen LogP contribution is 2.41. The molecule has 0 aliphatic heterocycles. The van der Waals surface area contributed by atoms with Crippen LogP contribution in [0, 0.1) is 11.3 Å². The first-order chi connectivity index (χ1) is 10.1. The fraction of sp³-hybridized carbons (Fsp3) is 0.722. The minimum atomic E-state index is 0.427. The summed E-state index contributed by atoms with van der Waals surface area (Å²) in [4.78, 5) is 6.68. The predicted molar refractivity (Wildman–Crippen MR) is 89.2 cm³/mol. The van der Waals surface area contributed by atoms with Crippen LogP contribution < -0.4 is 5.32 Å². The summed E-state index contributed by atoms with van der Waals surface area (Å²) in [6.45, 7) is 13.7. The van der Waals surface area contributed by atoms with Gasteiger partial charge in [0.1, 0.15) is 0 Å². The molecule has 0 aromatic carbocycles. The smallest absolute Gasteiger partial charge is 0.0271 e. The zero-order valence-electron chi connectivity index (χ0n) is 14.1. The fourth-order valence-corrected chi connectivity index (χ4v) is 3.76. The number of hydrogen-bond donors (Lipinski definition) is 1. The molecule has 1 heterocycles. The van der Waals surface area contributed by atoms with E-state index in [4.69, 9.17) is 0 Å². The van der Waals surface area contributed by atoms with Crippen LogP contribution in [0.3, 0.4) is 0 Å². The van der Waals surface area contributed by atoms with Crippen LogP contribution in [0.1, 0.15) is 46.1 Å². The molecule has 0 bridgehead atoms. The summed E-state index contributed by atoms with van der Waals surface area (Å²) in [7, 11) is 0. The second-order valence-corrected chi connectivity index (χ2v) is 7.01. The van der Waals surface area contributed by atoms with Gasteiger partial charge < -0.3 is 5.32 Å². The molecule has 1 aliphatic carbocycles. The van der Waals surface area contributed by atoms with Crippen LogP contribution in [0.5, 0.6) is 0 Å². The molecule has 3 heteroatoms. The van der Waals surface area contributed by atoms with Crippen molar-refractivity contribution in [3.05, 3.63) is 30.1 Å². The molecule has 3 nitrogen and oxygen atoms in total. The molecule has 1 N–H and O–H groups in total. The van der Waals surface area contributed by atoms with Gasteiger partial charge in [0.15, 0.2) is 0 Å². The third-order valence-electron chi connectivity index (χ3n) is 4.99. The maximum Gasteiger partial charge on any atom is 0.0271 e. The Morgan fingerprint density at radius 2 is 2.00 bits per heavy atom. The summed E-state index contributed by atoms with van der Waals surface area (Å²) in [6.07, 6.45) is 6.46. The van der Waals surface area contributed by atoms with Gasteiger partial charge in [-0.3, -0.25) is 9.88 Å². The van der Waals surface area contributed by atoms with E-state index in [0.717, 1.165) is 25.6 Å². The van der Waals surface area contributed by atoms with Crippen molar-refractivity contribution in [2.24, 2.45) is 11.3 Å². The molecule has 2 atom stereocenters. The van der Waals surface area contributed by atoms with E-state index in [2.05, 4.69) is 55.0 Å². The molecule has 1 fully saturated rings. The summed E-state index contributed by atoms with van der Waals surface area (Å²) < 4.78 is 0. The summed E-state index contributed by atoms with van der Waals surface area (Å²) in [5, 5.41) is 3.74. The van der Waals surface area contributed by atoms with Crippen LogP contribution in [0.2, 0.25) is 0 Å². The number of pyridine rings is 1. The molecule has 1 aromatic rings. The standard InChI is InChI=1S/C18H31N3/c1-5-20-17-16(7-10-18(17,3)4)14-21(6-2)13-15-8-11-19-12-9-15/h8-9,11-12,16-17,20H,5-7,10,13-14H2,1-4H3. The topological polar surface area (TPSA) is 28.2 Å². The minimum Gasteiger partial charge on any atom is -0.313 e. The number of nitrogens with one attached hydrogen (secondary N) is 1. The maximum absolute atomic E-state index is 4.11. The van der Waals surface area contributed by atoms with Crippen LogP contribution in [0.25, 0.3) is 0 Å². The first-order valence-electron chi connectivity index (χ1n) is 8.41. The molecule has 1 aliphatic rings. The van der Waals surface area contributed by atoms with Crippen molar-refractivity contribution < 1.29 is 0 Å². The van der Waals surface area contributed by atoms with Crippen LogP contribution in [-0.2, 0) is 6.54 Å². The fourth-order valence-electron chi connectivity index (χ4n) is 3.76. The van der Waals surface area contributed by atoms with Gasteiger partial charge in [-0.1, -0.05) is 27.7 Å². The molecule has 21 heavy (non-hydrogen) atoms. The van der Waals surface area contributed by atoms with Crippen molar-refractivity contribution in [3.8, 4) is 0 Å². The minimum absolute atomic E-state index is 0.427. The van der Waals surface area contributed by atoms with Gasteiger partial charge in [-0.2, -0.15) is 0 Å². The molecule has 0 saturated heterocycles. The predicted octanol–water partition coefficient (Wildman–Crippen LogP) is 3.32. The van der Waals surface area contributed by atoms with Crippen LogP contribution in [0.4, 0.5) is 0 Å². The Bertz CT molecular complexity index is 416. The highest BCUT2D eigenvalue weighted by Gasteiger charge is 2.41. The van der Waals surface area contributed by atoms with Crippen molar-refractivity contribution in [2.75, 3.05) is 19.6 Å². The second kappa shape index (κ2) is 7.37. The highest BCUT2D eigenvalue weighted by molar-refractivity contribution is 5.09. The first-order valence-corrected chi connectivity index (χ1v) is 8.41. The van der Waals surface area contributed by atoms with E-state index in [0.29, 0.717) is 11.5 Å². The molecule has 0 spiro atoms. The quantitative estimate of drug-likeness (QED) is 0.834. The lowest BCUT2D eigenvalue weighted by atomic mass is 9.84. The maximum atomic E-state index is 4.11. The molecule has 1 aromatic heterocycles. The summed E-state index contributed by atoms with van der Waals surface area (Å²) in [5.74, 6) is 0.765. The lowest BCUT2D eigenvalue weighted by Gasteiger charge is -2.34. The molecular weight excluding hydrogens is 258 g/mol. The van der Waals surface area contributed by atoms with Gasteiger partial charge in [0.05, 0.1) is 0 Å². The molecule has 1 saturated carbocycles. The van der Waals surface area contributed by atoms with Crippen molar-refractivity contribution >= 4 is 0 Å². The lowest BCUT2D eigenvalue weighted by molar-refractivity contribution is 0.185. The Morgan fingerprint density at radius 1 is 1.29 bits per heavy atom. The Morgan fingerprint density at radius 3 is 2.62 bits per heavy atom. The van der Waals surface area contributed by atoms with E-state index in [1.165, 1.54) is 24.9 Å². The molecule has 0 amide bonds. The largest absolute Gasteiger partial charge is 0.313 e. The Balaban J connectivity index is 1.97. The zero-order chi connectivity index (χ0) is 15.3. The Labute approximate surface area is 130 Å². The Hall–Kier alpha value is -0.930. The number of rotatable bonds is 7. The van der Waals surface area contributed by atoms with Gasteiger partial charge in [-0.05, 0) is 55.0 Å². The van der Waals surface area contributed by atoms with Gasteiger partial charge in [-0.25, -0.2) is 0 Å².